The number of hydrogen-bond donors (Lipinski definition) is 2. The Morgan fingerprint density at radius 1 is 1.18 bits per heavy atom. The number of methoxy groups -OCH3 is 1. The van der Waals surface area contributed by atoms with Gasteiger partial charge in [-0.05, 0) is 18.2 Å². The minimum atomic E-state index is 0. The predicted molar refractivity (Wildman–Crippen MR) is 112 cm³/mol. The average Bonchev–Trinajstić information content (AvgIpc) is 2.72. The molecule has 1 aliphatic heterocycles. The summed E-state index contributed by atoms with van der Waals surface area (Å²) in [5.41, 5.74) is 1.10. The minimum Gasteiger partial charge on any atom is -0.496 e. The lowest BCUT2D eigenvalue weighted by Gasteiger charge is -2.36. The van der Waals surface area contributed by atoms with E-state index in [1.807, 2.05) is 48.5 Å². The van der Waals surface area contributed by atoms with Gasteiger partial charge in [-0.25, -0.2) is 0 Å². The third-order valence-electron chi connectivity index (χ3n) is 4.64. The van der Waals surface area contributed by atoms with Crippen LogP contribution in [0.3, 0.4) is 0 Å². The Labute approximate surface area is 172 Å². The molecular formula is C21H28ClN3O3. The molecule has 0 radical (unpaired) electrons. The van der Waals surface area contributed by atoms with Gasteiger partial charge in [0.25, 0.3) is 0 Å². The van der Waals surface area contributed by atoms with Crippen molar-refractivity contribution in [2.45, 2.75) is 6.04 Å². The van der Waals surface area contributed by atoms with E-state index < -0.39 is 0 Å². The van der Waals surface area contributed by atoms with Crippen LogP contribution in [0.15, 0.2) is 54.6 Å². The number of nitrogens with one attached hydrogen (secondary N) is 2. The fraction of sp³-hybridized carbons (Fsp3) is 0.381. The summed E-state index contributed by atoms with van der Waals surface area (Å²) in [6, 6.07) is 17.7. The Morgan fingerprint density at radius 3 is 2.71 bits per heavy atom. The highest BCUT2D eigenvalue weighted by atomic mass is 35.5. The average molecular weight is 406 g/mol. The maximum Gasteiger partial charge on any atom is 0.234 e. The third-order valence-corrected chi connectivity index (χ3v) is 4.64. The summed E-state index contributed by atoms with van der Waals surface area (Å²) < 4.78 is 11.1. The summed E-state index contributed by atoms with van der Waals surface area (Å²) in [6.07, 6.45) is 0. The Balaban J connectivity index is 0.00000280. The zero-order valence-electron chi connectivity index (χ0n) is 16.1. The lowest BCUT2D eigenvalue weighted by Crippen LogP contribution is -2.49. The van der Waals surface area contributed by atoms with Gasteiger partial charge in [0.1, 0.15) is 18.1 Å². The van der Waals surface area contributed by atoms with Crippen LogP contribution in [0.2, 0.25) is 0 Å². The van der Waals surface area contributed by atoms with Gasteiger partial charge in [0.2, 0.25) is 5.91 Å². The van der Waals surface area contributed by atoms with Crippen molar-refractivity contribution >= 4 is 18.3 Å². The Hall–Kier alpha value is -2.28. The molecule has 1 saturated heterocycles. The SMILES string of the molecule is COc1ccccc1C1CNCCN1CC(=O)NCCOc1ccccc1.Cl. The number of benzene rings is 2. The lowest BCUT2D eigenvalue weighted by atomic mass is 10.0. The fourth-order valence-electron chi connectivity index (χ4n) is 3.30. The molecule has 1 amide bonds. The van der Waals surface area contributed by atoms with Crippen molar-refractivity contribution < 1.29 is 14.3 Å². The Bertz CT molecular complexity index is 730. The monoisotopic (exact) mass is 405 g/mol. The van der Waals surface area contributed by atoms with E-state index in [0.717, 1.165) is 36.7 Å². The number of piperazine rings is 1. The maximum absolute atomic E-state index is 12.4. The van der Waals surface area contributed by atoms with Crippen molar-refractivity contribution in [1.29, 1.82) is 0 Å². The summed E-state index contributed by atoms with van der Waals surface area (Å²) >= 11 is 0. The van der Waals surface area contributed by atoms with Crippen LogP contribution in [0.25, 0.3) is 0 Å². The van der Waals surface area contributed by atoms with Gasteiger partial charge in [-0.2, -0.15) is 0 Å². The van der Waals surface area contributed by atoms with Gasteiger partial charge >= 0.3 is 0 Å². The first-order chi connectivity index (χ1) is 13.3. The molecule has 0 saturated carbocycles. The first-order valence-corrected chi connectivity index (χ1v) is 9.30. The van der Waals surface area contributed by atoms with Gasteiger partial charge in [-0.1, -0.05) is 36.4 Å². The van der Waals surface area contributed by atoms with E-state index in [9.17, 15) is 4.79 Å². The van der Waals surface area contributed by atoms with Gasteiger partial charge in [0.05, 0.1) is 26.2 Å². The van der Waals surface area contributed by atoms with Crippen LogP contribution < -0.4 is 20.1 Å². The van der Waals surface area contributed by atoms with Gasteiger partial charge in [0.15, 0.2) is 0 Å². The molecule has 0 spiro atoms. The van der Waals surface area contributed by atoms with Crippen molar-refractivity contribution in [3.63, 3.8) is 0 Å². The smallest absolute Gasteiger partial charge is 0.234 e. The van der Waals surface area contributed by atoms with Crippen LogP contribution in [0.1, 0.15) is 11.6 Å². The minimum absolute atomic E-state index is 0. The largest absolute Gasteiger partial charge is 0.496 e. The number of hydrogen-bond acceptors (Lipinski definition) is 5. The van der Waals surface area contributed by atoms with E-state index in [1.54, 1.807) is 7.11 Å². The van der Waals surface area contributed by atoms with Gasteiger partial charge in [0, 0.05) is 25.2 Å². The summed E-state index contributed by atoms with van der Waals surface area (Å²) in [5.74, 6) is 1.67. The molecule has 2 aromatic rings. The summed E-state index contributed by atoms with van der Waals surface area (Å²) in [6.45, 7) is 3.78. The van der Waals surface area contributed by atoms with Crippen molar-refractivity contribution in [3.05, 3.63) is 60.2 Å². The molecule has 1 atom stereocenters. The van der Waals surface area contributed by atoms with E-state index in [-0.39, 0.29) is 24.4 Å². The van der Waals surface area contributed by atoms with Crippen molar-refractivity contribution in [2.24, 2.45) is 0 Å². The van der Waals surface area contributed by atoms with E-state index in [0.29, 0.717) is 19.7 Å². The zero-order chi connectivity index (χ0) is 18.9. The molecule has 1 aliphatic rings. The molecule has 1 heterocycles. The highest BCUT2D eigenvalue weighted by Crippen LogP contribution is 2.29. The number of carbonyl (C=O) groups excluding carboxylic acids is 1. The molecule has 0 aliphatic carbocycles. The molecule has 0 aromatic heterocycles. The van der Waals surface area contributed by atoms with E-state index in [2.05, 4.69) is 21.6 Å². The molecule has 0 bridgehead atoms. The molecule has 28 heavy (non-hydrogen) atoms. The first-order valence-electron chi connectivity index (χ1n) is 9.30. The van der Waals surface area contributed by atoms with Crippen molar-refractivity contribution in [3.8, 4) is 11.5 Å². The van der Waals surface area contributed by atoms with Gasteiger partial charge in [-0.15, -0.1) is 12.4 Å². The Kier molecular flexibility index (Phi) is 9.07. The quantitative estimate of drug-likeness (QED) is 0.659. The van der Waals surface area contributed by atoms with Crippen LogP contribution in [0, 0.1) is 0 Å². The van der Waals surface area contributed by atoms with E-state index >= 15 is 0 Å². The molecule has 7 heteroatoms. The van der Waals surface area contributed by atoms with Crippen LogP contribution in [0.5, 0.6) is 11.5 Å². The van der Waals surface area contributed by atoms with Gasteiger partial charge in [-0.3, -0.25) is 9.69 Å². The van der Waals surface area contributed by atoms with E-state index in [1.165, 1.54) is 0 Å². The standard InChI is InChI=1S/C21H27N3O3.ClH/c1-26-20-10-6-5-9-18(20)19-15-22-11-13-24(19)16-21(25)23-12-14-27-17-7-3-2-4-8-17;/h2-10,19,22H,11-16H2,1H3,(H,23,25);1H. The second-order valence-corrected chi connectivity index (χ2v) is 6.44. The summed E-state index contributed by atoms with van der Waals surface area (Å²) in [5, 5.41) is 6.35. The molecule has 2 N–H and O–H groups in total. The molecule has 2 aromatic carbocycles. The lowest BCUT2D eigenvalue weighted by molar-refractivity contribution is -0.123. The number of halogens is 1. The Morgan fingerprint density at radius 2 is 1.93 bits per heavy atom. The van der Waals surface area contributed by atoms with E-state index in [4.69, 9.17) is 9.47 Å². The van der Waals surface area contributed by atoms with Crippen LogP contribution >= 0.6 is 12.4 Å². The molecule has 3 rings (SSSR count). The number of rotatable bonds is 8. The molecule has 1 unspecified atom stereocenters. The fourth-order valence-corrected chi connectivity index (χ4v) is 3.30. The molecule has 152 valence electrons. The number of carbonyl (C=O) groups is 1. The predicted octanol–water partition coefficient (Wildman–Crippen LogP) is 2.26. The number of para-hydroxylation sites is 2. The molecular weight excluding hydrogens is 378 g/mol. The molecule has 1 fully saturated rings. The highest BCUT2D eigenvalue weighted by molar-refractivity contribution is 5.85. The second kappa shape index (κ2) is 11.5. The van der Waals surface area contributed by atoms with Crippen molar-refractivity contribution in [1.82, 2.24) is 15.5 Å². The number of amides is 1. The second-order valence-electron chi connectivity index (χ2n) is 6.44. The highest BCUT2D eigenvalue weighted by Gasteiger charge is 2.27. The van der Waals surface area contributed by atoms with Crippen molar-refractivity contribution in [2.75, 3.05) is 46.4 Å². The maximum atomic E-state index is 12.4. The summed E-state index contributed by atoms with van der Waals surface area (Å²) in [7, 11) is 1.68. The number of nitrogens with zero attached hydrogens (tertiary/aromatic N) is 1. The van der Waals surface area contributed by atoms with Crippen LogP contribution in [-0.4, -0.2) is 57.2 Å². The van der Waals surface area contributed by atoms with Gasteiger partial charge < -0.3 is 20.1 Å². The zero-order valence-corrected chi connectivity index (χ0v) is 16.9. The molecule has 6 nitrogen and oxygen atoms in total. The third kappa shape index (κ3) is 6.12. The normalized spacial score (nSPS) is 16.7. The first kappa shape index (κ1) is 22.0. The topological polar surface area (TPSA) is 62.8 Å². The van der Waals surface area contributed by atoms with Crippen LogP contribution in [0.4, 0.5) is 0 Å². The number of ether oxygens (including phenoxy) is 2. The summed E-state index contributed by atoms with van der Waals surface area (Å²) in [4.78, 5) is 14.6. The van der Waals surface area contributed by atoms with Crippen LogP contribution in [-0.2, 0) is 4.79 Å².